The molecule has 0 spiro atoms. The Balaban J connectivity index is 2.22. The number of benzene rings is 2. The fourth-order valence-electron chi connectivity index (χ4n) is 3.80. The first-order chi connectivity index (χ1) is 13.5. The van der Waals surface area contributed by atoms with Gasteiger partial charge in [-0.05, 0) is 38.0 Å². The highest BCUT2D eigenvalue weighted by atomic mass is 16.5. The van der Waals surface area contributed by atoms with E-state index in [1.807, 2.05) is 53.4 Å². The summed E-state index contributed by atoms with van der Waals surface area (Å²) >= 11 is 0. The third-order valence-corrected chi connectivity index (χ3v) is 4.90. The van der Waals surface area contributed by atoms with Gasteiger partial charge in [-0.2, -0.15) is 0 Å². The predicted molar refractivity (Wildman–Crippen MR) is 108 cm³/mol. The molecule has 1 atom stereocenters. The van der Waals surface area contributed by atoms with Gasteiger partial charge < -0.3 is 9.64 Å². The Hall–Kier alpha value is -3.21. The van der Waals surface area contributed by atoms with Crippen LogP contribution in [-0.2, 0) is 19.1 Å². The summed E-state index contributed by atoms with van der Waals surface area (Å²) in [6.07, 6.45) is 2.94. The van der Waals surface area contributed by atoms with Gasteiger partial charge in [-0.1, -0.05) is 42.5 Å². The van der Waals surface area contributed by atoms with Gasteiger partial charge in [0.05, 0.1) is 12.6 Å². The van der Waals surface area contributed by atoms with Crippen molar-refractivity contribution >= 4 is 23.2 Å². The third kappa shape index (κ3) is 3.60. The highest BCUT2D eigenvalue weighted by Crippen LogP contribution is 2.47. The van der Waals surface area contributed by atoms with Crippen molar-refractivity contribution in [2.75, 3.05) is 11.5 Å². The molecule has 1 aliphatic rings. The van der Waals surface area contributed by atoms with E-state index in [-0.39, 0.29) is 18.2 Å². The second kappa shape index (κ2) is 8.21. The van der Waals surface area contributed by atoms with Gasteiger partial charge in [-0.3, -0.25) is 9.59 Å². The number of hydrogen-bond acceptors (Lipinski definition) is 5. The van der Waals surface area contributed by atoms with Crippen LogP contribution in [0, 0.1) is 5.92 Å². The van der Waals surface area contributed by atoms with E-state index in [0.29, 0.717) is 0 Å². The van der Waals surface area contributed by atoms with Crippen LogP contribution in [-0.4, -0.2) is 24.1 Å². The number of para-hydroxylation sites is 1. The maximum absolute atomic E-state index is 12.4. The molecule has 3 rings (SSSR count). The van der Waals surface area contributed by atoms with E-state index in [1.165, 1.54) is 19.9 Å². The number of fused-ring (bicyclic) bond motifs is 3. The van der Waals surface area contributed by atoms with Crippen molar-refractivity contribution in [3.05, 3.63) is 66.4 Å². The summed E-state index contributed by atoms with van der Waals surface area (Å²) in [5.41, 5.74) is 3.68. The molecule has 1 heterocycles. The Morgan fingerprint density at radius 2 is 1.61 bits per heavy atom. The minimum Gasteiger partial charge on any atom is -0.463 e. The molecule has 0 N–H and O–H groups in total. The molecule has 0 amide bonds. The Morgan fingerprint density at radius 3 is 2.25 bits per heavy atom. The minimum absolute atomic E-state index is 0.207. The van der Waals surface area contributed by atoms with Crippen molar-refractivity contribution in [3.63, 3.8) is 0 Å². The van der Waals surface area contributed by atoms with Gasteiger partial charge in [0.2, 0.25) is 0 Å². The zero-order valence-electron chi connectivity index (χ0n) is 16.2. The summed E-state index contributed by atoms with van der Waals surface area (Å²) in [6.45, 7) is 4.88. The molecule has 0 aliphatic carbocycles. The molecule has 2 aromatic rings. The molecule has 28 heavy (non-hydrogen) atoms. The van der Waals surface area contributed by atoms with Crippen LogP contribution in [0.2, 0.25) is 0 Å². The van der Waals surface area contributed by atoms with Gasteiger partial charge in [0, 0.05) is 23.5 Å². The van der Waals surface area contributed by atoms with Crippen molar-refractivity contribution < 1.29 is 19.1 Å². The summed E-state index contributed by atoms with van der Waals surface area (Å²) in [6, 6.07) is 15.0. The van der Waals surface area contributed by atoms with E-state index in [2.05, 4.69) is 0 Å². The van der Waals surface area contributed by atoms with Gasteiger partial charge >= 0.3 is 5.97 Å². The first kappa shape index (κ1) is 19.5. The summed E-state index contributed by atoms with van der Waals surface area (Å²) in [5, 5.41) is 0. The highest BCUT2D eigenvalue weighted by molar-refractivity contribution is 6.03. The number of nitrogens with zero attached hydrogens (tertiary/aromatic N) is 1. The molecule has 0 saturated heterocycles. The van der Waals surface area contributed by atoms with E-state index < -0.39 is 17.9 Å². The molecular weight excluding hydrogens is 354 g/mol. The number of ketones is 2. The molecule has 0 saturated carbocycles. The van der Waals surface area contributed by atoms with Gasteiger partial charge in [-0.25, -0.2) is 4.79 Å². The fourth-order valence-corrected chi connectivity index (χ4v) is 3.80. The summed E-state index contributed by atoms with van der Waals surface area (Å²) in [5.74, 6) is -1.73. The molecule has 5 heteroatoms. The number of carbonyl (C=O) groups is 3. The van der Waals surface area contributed by atoms with Gasteiger partial charge in [0.25, 0.3) is 0 Å². The van der Waals surface area contributed by atoms with E-state index in [0.717, 1.165) is 22.4 Å². The number of carbonyl (C=O) groups excluding carboxylic acids is 3. The van der Waals surface area contributed by atoms with Gasteiger partial charge in [-0.15, -0.1) is 0 Å². The number of rotatable bonds is 6. The quantitative estimate of drug-likeness (QED) is 0.431. The van der Waals surface area contributed by atoms with Crippen LogP contribution in [0.4, 0.5) is 5.69 Å². The molecule has 1 aliphatic heterocycles. The lowest BCUT2D eigenvalue weighted by Gasteiger charge is -2.40. The van der Waals surface area contributed by atoms with Crippen molar-refractivity contribution in [3.8, 4) is 11.1 Å². The van der Waals surface area contributed by atoms with Crippen LogP contribution in [0.5, 0.6) is 0 Å². The van der Waals surface area contributed by atoms with Crippen molar-refractivity contribution in [2.45, 2.75) is 26.8 Å². The molecule has 1 unspecified atom stereocenters. The van der Waals surface area contributed by atoms with Gasteiger partial charge in [0.15, 0.2) is 0 Å². The Morgan fingerprint density at radius 1 is 1.00 bits per heavy atom. The molecule has 0 radical (unpaired) electrons. The lowest BCUT2D eigenvalue weighted by atomic mass is 9.79. The monoisotopic (exact) mass is 377 g/mol. The molecular formula is C23H23NO4. The number of hydrogen-bond donors (Lipinski definition) is 0. The second-order valence-electron chi connectivity index (χ2n) is 6.72. The number of ether oxygens (including phenoxy) is 1. The molecule has 0 fully saturated rings. The van der Waals surface area contributed by atoms with Crippen LogP contribution < -0.4 is 4.90 Å². The Bertz CT molecular complexity index is 933. The van der Waals surface area contributed by atoms with Crippen LogP contribution in [0.3, 0.4) is 0 Å². The molecule has 144 valence electrons. The normalized spacial score (nSPS) is 15.3. The van der Waals surface area contributed by atoms with Gasteiger partial charge in [0.1, 0.15) is 17.5 Å². The van der Waals surface area contributed by atoms with E-state index in [1.54, 1.807) is 13.1 Å². The topological polar surface area (TPSA) is 63.7 Å². The first-order valence-electron chi connectivity index (χ1n) is 9.28. The third-order valence-electron chi connectivity index (χ3n) is 4.90. The lowest BCUT2D eigenvalue weighted by molar-refractivity contribution is -0.137. The minimum atomic E-state index is -0.846. The summed E-state index contributed by atoms with van der Waals surface area (Å²) in [7, 11) is 0. The zero-order chi connectivity index (χ0) is 20.3. The lowest BCUT2D eigenvalue weighted by Crippen LogP contribution is -2.39. The second-order valence-corrected chi connectivity index (χ2v) is 6.72. The smallest absolute Gasteiger partial charge is 0.332 e. The van der Waals surface area contributed by atoms with E-state index >= 15 is 0 Å². The van der Waals surface area contributed by atoms with Crippen LogP contribution in [0.15, 0.2) is 60.8 Å². The molecule has 0 aromatic heterocycles. The largest absolute Gasteiger partial charge is 0.463 e. The molecule has 5 nitrogen and oxygen atoms in total. The SMILES string of the molecule is CCOC(=O)/C=C/N1c2ccccc2-c2ccccc2C1C(C(C)=O)C(C)=O. The van der Waals surface area contributed by atoms with Crippen LogP contribution >= 0.6 is 0 Å². The maximum atomic E-state index is 12.4. The molecule has 2 aromatic carbocycles. The Kier molecular flexibility index (Phi) is 5.73. The van der Waals surface area contributed by atoms with Crippen molar-refractivity contribution in [1.29, 1.82) is 0 Å². The summed E-state index contributed by atoms with van der Waals surface area (Å²) in [4.78, 5) is 38.6. The zero-order valence-corrected chi connectivity index (χ0v) is 16.2. The van der Waals surface area contributed by atoms with E-state index in [4.69, 9.17) is 4.74 Å². The highest BCUT2D eigenvalue weighted by Gasteiger charge is 2.39. The van der Waals surface area contributed by atoms with Crippen LogP contribution in [0.1, 0.15) is 32.4 Å². The fraction of sp³-hybridized carbons (Fsp3) is 0.261. The average molecular weight is 377 g/mol. The number of anilines is 1. The van der Waals surface area contributed by atoms with Crippen LogP contribution in [0.25, 0.3) is 11.1 Å². The Labute approximate surface area is 164 Å². The number of Topliss-reactive ketones (excluding diaryl/α,β-unsaturated/α-hetero) is 2. The maximum Gasteiger partial charge on any atom is 0.332 e. The molecule has 0 bridgehead atoms. The van der Waals surface area contributed by atoms with Crippen molar-refractivity contribution in [2.24, 2.45) is 5.92 Å². The summed E-state index contributed by atoms with van der Waals surface area (Å²) < 4.78 is 4.99. The number of esters is 1. The first-order valence-corrected chi connectivity index (χ1v) is 9.28. The van der Waals surface area contributed by atoms with E-state index in [9.17, 15) is 14.4 Å². The predicted octanol–water partition coefficient (Wildman–Crippen LogP) is 4.09. The standard InChI is InChI=1S/C23H23NO4/c1-4-28-21(27)13-14-24-20-12-8-7-10-18(20)17-9-5-6-11-19(17)23(24)22(15(2)25)16(3)26/h5-14,22-23H,4H2,1-3H3/b14-13+. The van der Waals surface area contributed by atoms with Crippen molar-refractivity contribution in [1.82, 2.24) is 0 Å². The average Bonchev–Trinajstić information content (AvgIpc) is 2.67.